The molecule has 116 valence electrons. The van der Waals surface area contributed by atoms with Gasteiger partial charge in [0.1, 0.15) is 11.4 Å². The van der Waals surface area contributed by atoms with Crippen LogP contribution in [-0.4, -0.2) is 23.7 Å². The lowest BCUT2D eigenvalue weighted by molar-refractivity contribution is 0.248. The molecule has 0 N–H and O–H groups in total. The van der Waals surface area contributed by atoms with E-state index in [-0.39, 0.29) is 12.4 Å². The number of halogens is 3. The summed E-state index contributed by atoms with van der Waals surface area (Å²) in [5.41, 5.74) is 0.581. The van der Waals surface area contributed by atoms with Crippen molar-refractivity contribution < 1.29 is 9.53 Å². The lowest BCUT2D eigenvalue weighted by atomic mass is 10.3. The summed E-state index contributed by atoms with van der Waals surface area (Å²) >= 11 is 11.2. The molecule has 0 fully saturated rings. The number of aliphatic imine (C=N–C) groups is 1. The quantitative estimate of drug-likeness (QED) is 0.313. The molecular formula is C15H13Cl3N2O2. The third kappa shape index (κ3) is 5.22. The molecule has 2 rings (SSSR count). The molecular weight excluding hydrogens is 347 g/mol. The summed E-state index contributed by atoms with van der Waals surface area (Å²) in [6, 6.07) is 14.2. The molecule has 0 aliphatic heterocycles. The fourth-order valence-electron chi connectivity index (χ4n) is 1.47. The van der Waals surface area contributed by atoms with Crippen LogP contribution in [0.1, 0.15) is 0 Å². The molecule has 0 atom stereocenters. The first-order chi connectivity index (χ1) is 10.1. The zero-order chi connectivity index (χ0) is 15.2. The maximum Gasteiger partial charge on any atom is 0.321 e. The molecule has 0 bridgehead atoms. The number of rotatable bonds is 4. The highest BCUT2D eigenvalue weighted by Crippen LogP contribution is 2.31. The van der Waals surface area contributed by atoms with Crippen molar-refractivity contribution in [1.82, 2.24) is 4.90 Å². The van der Waals surface area contributed by atoms with Crippen LogP contribution in [0.25, 0.3) is 0 Å². The highest BCUT2D eigenvalue weighted by Gasteiger charge is 2.05. The number of nitrogens with zero attached hydrogens (tertiary/aromatic N) is 2. The molecule has 0 aliphatic carbocycles. The molecule has 0 aromatic heterocycles. The first kappa shape index (κ1) is 18.3. The molecule has 0 heterocycles. The molecule has 0 spiro atoms. The van der Waals surface area contributed by atoms with E-state index in [0.29, 0.717) is 22.2 Å². The average molecular weight is 360 g/mol. The van der Waals surface area contributed by atoms with Gasteiger partial charge in [0, 0.05) is 12.1 Å². The van der Waals surface area contributed by atoms with Crippen LogP contribution in [-0.2, 0) is 0 Å². The molecule has 0 saturated carbocycles. The number of hydrogen-bond donors (Lipinski definition) is 0. The van der Waals surface area contributed by atoms with E-state index < -0.39 is 5.37 Å². The predicted molar refractivity (Wildman–Crippen MR) is 92.4 cm³/mol. The van der Waals surface area contributed by atoms with Gasteiger partial charge in [-0.05, 0) is 48.0 Å². The topological polar surface area (TPSA) is 41.9 Å². The maximum absolute atomic E-state index is 10.9. The second-order valence-corrected chi connectivity index (χ2v) is 4.89. The van der Waals surface area contributed by atoms with Crippen molar-refractivity contribution in [2.24, 2.45) is 4.99 Å². The molecule has 7 heteroatoms. The zero-order valence-corrected chi connectivity index (χ0v) is 13.9. The van der Waals surface area contributed by atoms with Crippen molar-refractivity contribution in [2.75, 3.05) is 7.05 Å². The molecule has 2 aromatic carbocycles. The summed E-state index contributed by atoms with van der Waals surface area (Å²) in [6.07, 6.45) is 1.33. The van der Waals surface area contributed by atoms with Crippen molar-refractivity contribution in [3.8, 4) is 11.5 Å². The number of hydrogen-bond acceptors (Lipinski definition) is 3. The van der Waals surface area contributed by atoms with Crippen molar-refractivity contribution in [3.63, 3.8) is 0 Å². The van der Waals surface area contributed by atoms with Gasteiger partial charge in [-0.25, -0.2) is 4.99 Å². The minimum absolute atomic E-state index is 0. The van der Waals surface area contributed by atoms with E-state index in [0.717, 1.165) is 0 Å². The van der Waals surface area contributed by atoms with Crippen LogP contribution in [0.4, 0.5) is 10.5 Å². The Labute approximate surface area is 144 Å². The number of amides is 1. The molecule has 2 aromatic rings. The molecule has 0 saturated heterocycles. The molecule has 1 amide bonds. The Morgan fingerprint density at radius 2 is 1.82 bits per heavy atom. The second kappa shape index (κ2) is 8.63. The second-order valence-electron chi connectivity index (χ2n) is 4.13. The van der Waals surface area contributed by atoms with Crippen LogP contribution in [0.15, 0.2) is 53.5 Å². The van der Waals surface area contributed by atoms with Gasteiger partial charge in [0.2, 0.25) is 0 Å². The SMILES string of the molecule is CN(C=Nc1ccccc1Oc1ccc(Cl)cc1)C(=O)Cl.Cl. The van der Waals surface area contributed by atoms with Gasteiger partial charge in [0.15, 0.2) is 5.75 Å². The third-order valence-electron chi connectivity index (χ3n) is 2.55. The van der Waals surface area contributed by atoms with Crippen LogP contribution in [0.5, 0.6) is 11.5 Å². The van der Waals surface area contributed by atoms with Gasteiger partial charge in [0.25, 0.3) is 0 Å². The Balaban J connectivity index is 0.00000242. The smallest absolute Gasteiger partial charge is 0.321 e. The molecule has 0 radical (unpaired) electrons. The van der Waals surface area contributed by atoms with Crippen LogP contribution in [0, 0.1) is 0 Å². The van der Waals surface area contributed by atoms with E-state index in [1.807, 2.05) is 12.1 Å². The zero-order valence-electron chi connectivity index (χ0n) is 11.6. The lowest BCUT2D eigenvalue weighted by Crippen LogP contribution is -2.18. The number of carbonyl (C=O) groups excluding carboxylic acids is 1. The minimum atomic E-state index is -0.616. The number of benzene rings is 2. The van der Waals surface area contributed by atoms with E-state index in [2.05, 4.69) is 4.99 Å². The predicted octanol–water partition coefficient (Wildman–Crippen LogP) is 5.50. The number of para-hydroxylation sites is 2. The van der Waals surface area contributed by atoms with E-state index in [9.17, 15) is 4.79 Å². The van der Waals surface area contributed by atoms with Crippen molar-refractivity contribution >= 4 is 53.0 Å². The van der Waals surface area contributed by atoms with Gasteiger partial charge < -0.3 is 4.74 Å². The molecule has 22 heavy (non-hydrogen) atoms. The van der Waals surface area contributed by atoms with Crippen molar-refractivity contribution in [1.29, 1.82) is 0 Å². The van der Waals surface area contributed by atoms with Crippen molar-refractivity contribution in [3.05, 3.63) is 53.6 Å². The van der Waals surface area contributed by atoms with Gasteiger partial charge in [-0.3, -0.25) is 9.69 Å². The van der Waals surface area contributed by atoms with Crippen LogP contribution in [0.2, 0.25) is 5.02 Å². The first-order valence-corrected chi connectivity index (χ1v) is 6.81. The average Bonchev–Trinajstić information content (AvgIpc) is 2.48. The van der Waals surface area contributed by atoms with Crippen LogP contribution >= 0.6 is 35.6 Å². The van der Waals surface area contributed by atoms with Gasteiger partial charge in [-0.2, -0.15) is 0 Å². The summed E-state index contributed by atoms with van der Waals surface area (Å²) in [4.78, 5) is 16.3. The van der Waals surface area contributed by atoms with Crippen molar-refractivity contribution in [2.45, 2.75) is 0 Å². The standard InChI is InChI=1S/C15H12Cl2N2O2.ClH/c1-19(15(17)20)10-18-13-4-2-3-5-14(13)21-12-8-6-11(16)7-9-12;/h2-10H,1H3;1H. The highest BCUT2D eigenvalue weighted by molar-refractivity contribution is 6.63. The Kier molecular flexibility index (Phi) is 7.18. The summed E-state index contributed by atoms with van der Waals surface area (Å²) in [5.74, 6) is 1.20. The van der Waals surface area contributed by atoms with E-state index >= 15 is 0 Å². The largest absolute Gasteiger partial charge is 0.455 e. The monoisotopic (exact) mass is 358 g/mol. The summed E-state index contributed by atoms with van der Waals surface area (Å²) in [6.45, 7) is 0. The maximum atomic E-state index is 10.9. The van der Waals surface area contributed by atoms with Crippen LogP contribution in [0.3, 0.4) is 0 Å². The van der Waals surface area contributed by atoms with E-state index in [1.54, 1.807) is 36.4 Å². The summed E-state index contributed by atoms with van der Waals surface area (Å²) in [5, 5.41) is 0.0192. The molecule has 4 nitrogen and oxygen atoms in total. The lowest BCUT2D eigenvalue weighted by Gasteiger charge is -2.09. The normalized spacial score (nSPS) is 10.1. The Morgan fingerprint density at radius 3 is 2.45 bits per heavy atom. The molecule has 0 unspecified atom stereocenters. The number of ether oxygens (including phenoxy) is 1. The fraction of sp³-hybridized carbons (Fsp3) is 0.0667. The van der Waals surface area contributed by atoms with Gasteiger partial charge in [-0.15, -0.1) is 12.4 Å². The Morgan fingerprint density at radius 1 is 1.18 bits per heavy atom. The number of carbonyl (C=O) groups is 1. The Hall–Kier alpha value is -1.75. The first-order valence-electron chi connectivity index (χ1n) is 6.05. The van der Waals surface area contributed by atoms with E-state index in [1.165, 1.54) is 18.3 Å². The van der Waals surface area contributed by atoms with Gasteiger partial charge in [0.05, 0.1) is 6.34 Å². The Bertz CT molecular complexity index is 660. The highest BCUT2D eigenvalue weighted by atomic mass is 35.5. The minimum Gasteiger partial charge on any atom is -0.455 e. The summed E-state index contributed by atoms with van der Waals surface area (Å²) in [7, 11) is 1.52. The van der Waals surface area contributed by atoms with Gasteiger partial charge >= 0.3 is 5.37 Å². The van der Waals surface area contributed by atoms with E-state index in [4.69, 9.17) is 27.9 Å². The summed E-state index contributed by atoms with van der Waals surface area (Å²) < 4.78 is 5.75. The molecule has 0 aliphatic rings. The van der Waals surface area contributed by atoms with Crippen LogP contribution < -0.4 is 4.74 Å². The fourth-order valence-corrected chi connectivity index (χ4v) is 1.64. The van der Waals surface area contributed by atoms with Gasteiger partial charge in [-0.1, -0.05) is 23.7 Å². The third-order valence-corrected chi connectivity index (χ3v) is 3.07.